The number of hydrogen-bond donors (Lipinski definition) is 12. The molecule has 1 heterocycles. The quantitative estimate of drug-likeness (QED) is 0.0102. The van der Waals surface area contributed by atoms with Crippen LogP contribution in [-0.2, 0) is 72.1 Å². The number of alkyl halides is 1. The van der Waals surface area contributed by atoms with Crippen molar-refractivity contribution in [2.24, 2.45) is 35.5 Å². The molecule has 21 heteroatoms. The number of carbonyl (C=O) groups is 7. The summed E-state index contributed by atoms with van der Waals surface area (Å²) in [7, 11) is 0. The zero-order valence-electron chi connectivity index (χ0n) is 67.7. The van der Waals surface area contributed by atoms with E-state index in [0.717, 1.165) is 128 Å². The number of rotatable bonds is 34. The topological polar surface area (TPSA) is 322 Å². The molecule has 6 fully saturated rings. The number of phenols is 3. The number of phenolic OH excluding ortho intramolecular Hbond substituents is 3. The Labute approximate surface area is 697 Å². The molecule has 20 nitrogen and oxygen atoms in total. The molecular formula is C94H133IN6O14. The lowest BCUT2D eigenvalue weighted by molar-refractivity contribution is -0.121. The molecule has 0 saturated heterocycles. The van der Waals surface area contributed by atoms with E-state index in [2.05, 4.69) is 129 Å². The Balaban J connectivity index is 0.000000214. The van der Waals surface area contributed by atoms with Gasteiger partial charge < -0.3 is 72.1 Å². The van der Waals surface area contributed by atoms with Gasteiger partial charge in [0.1, 0.15) is 29.3 Å². The molecule has 12 atom stereocenters. The second-order valence-corrected chi connectivity index (χ2v) is 32.1. The van der Waals surface area contributed by atoms with Crippen LogP contribution in [0.5, 0.6) is 23.0 Å². The van der Waals surface area contributed by atoms with E-state index in [1.165, 1.54) is 56.5 Å². The van der Waals surface area contributed by atoms with Crippen molar-refractivity contribution in [2.45, 2.75) is 221 Å². The van der Waals surface area contributed by atoms with Gasteiger partial charge >= 0.3 is 0 Å². The third kappa shape index (κ3) is 28.7. The summed E-state index contributed by atoms with van der Waals surface area (Å²) in [4.78, 5) is 78.3. The van der Waals surface area contributed by atoms with Gasteiger partial charge in [-0.2, -0.15) is 0 Å². The number of fused-ring (bicyclic) bond motifs is 1. The van der Waals surface area contributed by atoms with E-state index in [-0.39, 0.29) is 81.6 Å². The van der Waals surface area contributed by atoms with Crippen molar-refractivity contribution in [3.63, 3.8) is 0 Å². The molecule has 6 aromatic carbocycles. The maximum atomic E-state index is 11.3. The Bertz CT molecular complexity index is 3790. The van der Waals surface area contributed by atoms with Crippen LogP contribution in [0.3, 0.4) is 0 Å². The molecule has 0 aromatic heterocycles. The molecular weight excluding hydrogens is 1560 g/mol. The molecule has 0 radical (unpaired) electrons. The zero-order valence-corrected chi connectivity index (χ0v) is 69.9. The van der Waals surface area contributed by atoms with Crippen molar-refractivity contribution in [3.05, 3.63) is 187 Å². The summed E-state index contributed by atoms with van der Waals surface area (Å²) in [6.45, 7) is 20.9. The van der Waals surface area contributed by atoms with Crippen molar-refractivity contribution >= 4 is 64.3 Å². The number of aryl methyl sites for hydroxylation is 2. The summed E-state index contributed by atoms with van der Waals surface area (Å²) in [5.41, 5.74) is 16.7. The largest absolute Gasteiger partial charge is 0.508 e. The highest BCUT2D eigenvalue weighted by atomic mass is 127. The lowest BCUT2D eigenvalue weighted by Crippen LogP contribution is -2.24. The number of aliphatic hydroxyl groups is 3. The highest BCUT2D eigenvalue weighted by Gasteiger charge is 2.44. The number of aromatic hydroxyl groups is 3. The van der Waals surface area contributed by atoms with Crippen LogP contribution in [0.25, 0.3) is 0 Å². The first-order valence-corrected chi connectivity index (χ1v) is 42.9. The number of aliphatic hydroxyl groups excluding tert-OH is 3. The van der Waals surface area contributed by atoms with Gasteiger partial charge in [-0.3, -0.25) is 28.8 Å². The van der Waals surface area contributed by atoms with Gasteiger partial charge in [-0.1, -0.05) is 164 Å². The SMILES string of the molecule is C.C.CCC(=O)NC[C@@H]1C[C@H]1c1cccc(C)c1CC=O.CCC(=O)NC[C@@H]1C[C@H]1c1cccc(C)c1CCO.CCC(=O)NC[C@@H]1C[C@H]1c1cccc(O)c1CCI.CCC(=O)NC[C@@H]1C[C@H]1c1cccc(O)c1CCO.CCC(=O)NC[C@@H]1C[C@H]1c1cccc(O)c1CCO.CCC(=O)NC[C@@H]1C[C@H]1c1cccc2c1CCO2. The monoisotopic (exact) mass is 1700 g/mol. The van der Waals surface area contributed by atoms with E-state index in [1.807, 2.05) is 71.9 Å². The van der Waals surface area contributed by atoms with E-state index in [9.17, 15) is 54.0 Å². The number of hydrogen-bond acceptors (Lipinski definition) is 14. The third-order valence-corrected chi connectivity index (χ3v) is 23.7. The average molecular weight is 1700 g/mol. The minimum absolute atomic E-state index is 0. The summed E-state index contributed by atoms with van der Waals surface area (Å²) in [5, 5.41) is 74.7. The second kappa shape index (κ2) is 48.4. The fourth-order valence-electron chi connectivity index (χ4n) is 15.9. The van der Waals surface area contributed by atoms with Crippen LogP contribution in [0.15, 0.2) is 109 Å². The van der Waals surface area contributed by atoms with Gasteiger partial charge in [0.05, 0.1) is 6.61 Å². The normalized spacial score (nSPS) is 21.3. The Morgan fingerprint density at radius 1 is 0.383 bits per heavy atom. The lowest BCUT2D eigenvalue weighted by atomic mass is 9.95. The van der Waals surface area contributed by atoms with Gasteiger partial charge in [0.25, 0.3) is 0 Å². The van der Waals surface area contributed by atoms with Gasteiger partial charge in [0.15, 0.2) is 0 Å². The van der Waals surface area contributed by atoms with Crippen LogP contribution in [0, 0.1) is 49.4 Å². The van der Waals surface area contributed by atoms with Crippen LogP contribution in [0.1, 0.15) is 247 Å². The van der Waals surface area contributed by atoms with Gasteiger partial charge in [0.2, 0.25) is 35.4 Å². The van der Waals surface area contributed by atoms with Crippen molar-refractivity contribution in [3.8, 4) is 23.0 Å². The molecule has 630 valence electrons. The molecule has 6 saturated carbocycles. The fourth-order valence-corrected chi connectivity index (χ4v) is 16.4. The lowest BCUT2D eigenvalue weighted by Gasteiger charge is -2.12. The summed E-state index contributed by atoms with van der Waals surface area (Å²) in [6.07, 6.45) is 15.0. The Morgan fingerprint density at radius 2 is 0.643 bits per heavy atom. The second-order valence-electron chi connectivity index (χ2n) is 31.0. The fraction of sp³-hybridized carbons (Fsp3) is 0.543. The first-order valence-electron chi connectivity index (χ1n) is 41.4. The van der Waals surface area contributed by atoms with Crippen LogP contribution >= 0.6 is 22.6 Å². The standard InChI is InChI=1S/C16H23NO2.C16H21NO2.C15H20INO2.2C15H21NO3.C15H19NO2.2CH4/c2*1-3-16(19)17-10-12-9-15(12)14-6-4-5-11(2)13(14)7-8-18;1-2-15(19)17-9-10-8-13(10)11-4-3-5-14(18)12(11)6-7-16;2*1-2-15(19)16-9-10-8-13(10)11-4-3-5-14(18)12(11)6-7-17;1-2-15(17)16-9-10-8-13(10)11-4-3-5-14-12(11)6-7-18-14;;/h4-6,12,15,18H,3,7-10H2,1-2H3,(H,17,19);4-6,8,12,15H,3,7,9-10H2,1-2H3,(H,17,19);3-5,10,13,18H,2,6-9H2,1H3,(H,17,19);2*3-5,10,13,17-18H,2,6-9H2,1H3,(H,16,19);3-5,10,13H,2,6-9H2,1H3,(H,16,17);2*1H4/t2*12-,15+;4*10-,13+;;/m000000../s1. The summed E-state index contributed by atoms with van der Waals surface area (Å²) < 4.78 is 6.60. The Morgan fingerprint density at radius 3 is 0.948 bits per heavy atom. The van der Waals surface area contributed by atoms with Crippen molar-refractivity contribution in [1.82, 2.24) is 31.9 Å². The van der Waals surface area contributed by atoms with E-state index in [4.69, 9.17) is 14.9 Å². The van der Waals surface area contributed by atoms with Gasteiger partial charge in [-0.05, 0) is 246 Å². The summed E-state index contributed by atoms with van der Waals surface area (Å²) >= 11 is 2.34. The first kappa shape index (κ1) is 95.5. The molecule has 6 amide bonds. The molecule has 6 aromatic rings. The van der Waals surface area contributed by atoms with Crippen LogP contribution in [-0.4, -0.2) is 142 Å². The molecule has 0 spiro atoms. The van der Waals surface area contributed by atoms with E-state index < -0.39 is 0 Å². The van der Waals surface area contributed by atoms with E-state index >= 15 is 0 Å². The molecule has 7 aliphatic rings. The van der Waals surface area contributed by atoms with E-state index in [0.29, 0.717) is 148 Å². The number of benzene rings is 6. The van der Waals surface area contributed by atoms with Crippen molar-refractivity contribution < 1.29 is 68.9 Å². The Hall–Kier alpha value is -8.38. The highest BCUT2D eigenvalue weighted by Crippen LogP contribution is 2.54. The Kier molecular flexibility index (Phi) is 40.1. The molecule has 13 rings (SSSR count). The number of amides is 6. The molecule has 6 aliphatic carbocycles. The molecule has 1 aliphatic heterocycles. The number of halogens is 1. The molecule has 115 heavy (non-hydrogen) atoms. The van der Waals surface area contributed by atoms with Crippen LogP contribution in [0.2, 0.25) is 0 Å². The van der Waals surface area contributed by atoms with Crippen LogP contribution < -0.4 is 36.6 Å². The predicted molar refractivity (Wildman–Crippen MR) is 465 cm³/mol. The minimum atomic E-state index is 0. The number of carbonyl (C=O) groups excluding carboxylic acids is 7. The number of ether oxygens (including phenoxy) is 1. The van der Waals surface area contributed by atoms with Gasteiger partial charge in [0, 0.05) is 120 Å². The average Bonchev–Trinajstić information content (AvgIpc) is 1.70. The summed E-state index contributed by atoms with van der Waals surface area (Å²) in [5.74, 6) is 8.81. The maximum Gasteiger partial charge on any atom is 0.219 e. The van der Waals surface area contributed by atoms with Crippen molar-refractivity contribution in [1.29, 1.82) is 0 Å². The smallest absolute Gasteiger partial charge is 0.219 e. The van der Waals surface area contributed by atoms with E-state index in [1.54, 1.807) is 18.2 Å². The molecule has 0 bridgehead atoms. The number of nitrogens with one attached hydrogen (secondary N) is 6. The molecule has 12 N–H and O–H groups in total. The first-order chi connectivity index (χ1) is 54.6. The van der Waals surface area contributed by atoms with Crippen LogP contribution in [0.4, 0.5) is 0 Å². The van der Waals surface area contributed by atoms with Crippen molar-refractivity contribution in [2.75, 3.05) is 70.1 Å². The predicted octanol–water partition coefficient (Wildman–Crippen LogP) is 14.2. The highest BCUT2D eigenvalue weighted by molar-refractivity contribution is 14.1. The minimum Gasteiger partial charge on any atom is -0.508 e. The zero-order chi connectivity index (χ0) is 81.7. The summed E-state index contributed by atoms with van der Waals surface area (Å²) in [6, 6.07) is 35.8. The van der Waals surface area contributed by atoms with Gasteiger partial charge in [-0.25, -0.2) is 0 Å². The molecule has 0 unspecified atom stereocenters. The van der Waals surface area contributed by atoms with Gasteiger partial charge in [-0.15, -0.1) is 0 Å². The number of aldehydes is 1. The maximum absolute atomic E-state index is 11.3. The third-order valence-electron chi connectivity index (χ3n) is 23.2.